The molecule has 0 saturated heterocycles. The number of allylic oxidation sites excluding steroid dienone is 3. The van der Waals surface area contributed by atoms with Crippen molar-refractivity contribution in [2.45, 2.75) is 13.3 Å². The Morgan fingerprint density at radius 1 is 1.19 bits per heavy atom. The fourth-order valence-corrected chi connectivity index (χ4v) is 1.95. The van der Waals surface area contributed by atoms with Gasteiger partial charge in [-0.15, -0.1) is 0 Å². The molecule has 0 saturated carbocycles. The predicted molar refractivity (Wildman–Crippen MR) is 88.1 cm³/mol. The van der Waals surface area contributed by atoms with Gasteiger partial charge in [-0.2, -0.15) is 0 Å². The molecule has 0 bridgehead atoms. The van der Waals surface area contributed by atoms with Gasteiger partial charge in [0.25, 0.3) is 5.91 Å². The van der Waals surface area contributed by atoms with Crippen molar-refractivity contribution in [3.05, 3.63) is 58.6 Å². The van der Waals surface area contributed by atoms with Gasteiger partial charge in [0.05, 0.1) is 0 Å². The molecule has 0 spiro atoms. The highest BCUT2D eigenvalue weighted by Crippen LogP contribution is 2.11. The first-order valence-corrected chi connectivity index (χ1v) is 7.53. The normalized spacial score (nSPS) is 11.0. The summed E-state index contributed by atoms with van der Waals surface area (Å²) in [6.45, 7) is 2.93. The van der Waals surface area contributed by atoms with Gasteiger partial charge in [0.2, 0.25) is 5.91 Å². The van der Waals surface area contributed by atoms with Crippen molar-refractivity contribution in [1.82, 2.24) is 10.6 Å². The Balaban J connectivity index is 2.19. The Hall–Kier alpha value is -1.88. The van der Waals surface area contributed by atoms with Gasteiger partial charge in [0, 0.05) is 29.2 Å². The van der Waals surface area contributed by atoms with Crippen LogP contribution in [-0.2, 0) is 4.79 Å². The molecule has 112 valence electrons. The zero-order chi connectivity index (χ0) is 15.5. The van der Waals surface area contributed by atoms with E-state index in [1.165, 1.54) is 6.08 Å². The number of benzene rings is 1. The highest BCUT2D eigenvalue weighted by atomic mass is 79.9. The Morgan fingerprint density at radius 2 is 1.95 bits per heavy atom. The molecular formula is C16H19BrN2O2. The number of carbonyl (C=O) groups excluding carboxylic acids is 2. The van der Waals surface area contributed by atoms with Gasteiger partial charge in [-0.3, -0.25) is 9.59 Å². The van der Waals surface area contributed by atoms with Gasteiger partial charge in [0.1, 0.15) is 0 Å². The van der Waals surface area contributed by atoms with Crippen LogP contribution >= 0.6 is 15.9 Å². The second-order valence-corrected chi connectivity index (χ2v) is 5.21. The van der Waals surface area contributed by atoms with E-state index in [0.717, 1.165) is 4.47 Å². The number of hydrogen-bond acceptors (Lipinski definition) is 2. The highest BCUT2D eigenvalue weighted by molar-refractivity contribution is 9.10. The van der Waals surface area contributed by atoms with E-state index in [-0.39, 0.29) is 11.8 Å². The van der Waals surface area contributed by atoms with Gasteiger partial charge < -0.3 is 10.6 Å². The van der Waals surface area contributed by atoms with Gasteiger partial charge >= 0.3 is 0 Å². The zero-order valence-corrected chi connectivity index (χ0v) is 13.5. The second kappa shape index (κ2) is 9.94. The maximum Gasteiger partial charge on any atom is 0.251 e. The summed E-state index contributed by atoms with van der Waals surface area (Å²) in [6, 6.07) is 7.21. The average molecular weight is 351 g/mol. The molecule has 0 atom stereocenters. The third-order valence-corrected chi connectivity index (χ3v) is 3.07. The maximum absolute atomic E-state index is 11.8. The van der Waals surface area contributed by atoms with Crippen molar-refractivity contribution in [2.24, 2.45) is 0 Å². The first kappa shape index (κ1) is 17.2. The second-order valence-electron chi connectivity index (χ2n) is 4.30. The third-order valence-electron chi connectivity index (χ3n) is 2.58. The molecule has 0 aliphatic carbocycles. The molecule has 0 unspecified atom stereocenters. The molecule has 21 heavy (non-hydrogen) atoms. The van der Waals surface area contributed by atoms with E-state index in [0.29, 0.717) is 25.1 Å². The van der Waals surface area contributed by atoms with Crippen molar-refractivity contribution in [3.63, 3.8) is 0 Å². The molecule has 2 N–H and O–H groups in total. The number of hydrogen-bond donors (Lipinski definition) is 2. The van der Waals surface area contributed by atoms with Crippen molar-refractivity contribution < 1.29 is 9.59 Å². The molecule has 0 radical (unpaired) electrons. The fraction of sp³-hybridized carbons (Fsp3) is 0.250. The fourth-order valence-electron chi connectivity index (χ4n) is 1.55. The summed E-state index contributed by atoms with van der Waals surface area (Å²) in [5, 5.41) is 5.56. The average Bonchev–Trinajstić information content (AvgIpc) is 2.47. The molecule has 0 heterocycles. The summed E-state index contributed by atoms with van der Waals surface area (Å²) in [6.07, 6.45) is 7.48. The number of nitrogens with one attached hydrogen (secondary N) is 2. The van der Waals surface area contributed by atoms with Crippen LogP contribution in [0.3, 0.4) is 0 Å². The van der Waals surface area contributed by atoms with Crippen LogP contribution in [0, 0.1) is 0 Å². The van der Waals surface area contributed by atoms with Gasteiger partial charge in [-0.05, 0) is 31.5 Å². The van der Waals surface area contributed by atoms with Crippen LogP contribution in [0.1, 0.15) is 23.7 Å². The molecule has 0 aliphatic rings. The van der Waals surface area contributed by atoms with Crippen molar-refractivity contribution in [2.75, 3.05) is 13.1 Å². The molecule has 0 aromatic heterocycles. The Kier molecular flexibility index (Phi) is 8.12. The van der Waals surface area contributed by atoms with Crippen LogP contribution in [-0.4, -0.2) is 24.9 Å². The van der Waals surface area contributed by atoms with E-state index in [4.69, 9.17) is 0 Å². The molecular weight excluding hydrogens is 332 g/mol. The van der Waals surface area contributed by atoms with Gasteiger partial charge in [-0.1, -0.05) is 40.2 Å². The van der Waals surface area contributed by atoms with E-state index in [9.17, 15) is 9.59 Å². The first-order valence-electron chi connectivity index (χ1n) is 6.74. The lowest BCUT2D eigenvalue weighted by Crippen LogP contribution is -2.29. The van der Waals surface area contributed by atoms with Crippen molar-refractivity contribution in [3.8, 4) is 0 Å². The minimum absolute atomic E-state index is 0.115. The van der Waals surface area contributed by atoms with Crippen LogP contribution < -0.4 is 10.6 Å². The predicted octanol–water partition coefficient (Wildman–Crippen LogP) is 2.82. The van der Waals surface area contributed by atoms with Crippen LogP contribution in [0.25, 0.3) is 0 Å². The van der Waals surface area contributed by atoms with E-state index < -0.39 is 0 Å². The lowest BCUT2D eigenvalue weighted by atomic mass is 10.2. The van der Waals surface area contributed by atoms with Gasteiger partial charge in [-0.25, -0.2) is 0 Å². The number of amides is 2. The molecule has 0 fully saturated rings. The van der Waals surface area contributed by atoms with Crippen molar-refractivity contribution >= 4 is 27.7 Å². The topological polar surface area (TPSA) is 58.2 Å². The summed E-state index contributed by atoms with van der Waals surface area (Å²) >= 11 is 3.33. The van der Waals surface area contributed by atoms with Crippen molar-refractivity contribution in [1.29, 1.82) is 0 Å². The standard InChI is InChI=1S/C16H19BrN2O2/c1-2-3-4-9-15(20)18-10-6-11-19-16(21)13-7-5-8-14(17)12-13/h2-5,7-9,12H,6,10-11H2,1H3,(H,18,20)(H,19,21)/b3-2+,9-4+. The SMILES string of the molecule is C/C=C/C=C/C(=O)NCCCNC(=O)c1cccc(Br)c1. The van der Waals surface area contributed by atoms with Crippen LogP contribution in [0.2, 0.25) is 0 Å². The Labute approximate surface area is 133 Å². The molecule has 1 aromatic rings. The largest absolute Gasteiger partial charge is 0.352 e. The molecule has 1 rings (SSSR count). The molecule has 0 aliphatic heterocycles. The Morgan fingerprint density at radius 3 is 2.67 bits per heavy atom. The van der Waals surface area contributed by atoms with E-state index in [2.05, 4.69) is 26.6 Å². The first-order chi connectivity index (χ1) is 10.1. The third kappa shape index (κ3) is 7.46. The van der Waals surface area contributed by atoms with Crippen LogP contribution in [0.4, 0.5) is 0 Å². The highest BCUT2D eigenvalue weighted by Gasteiger charge is 2.04. The number of carbonyl (C=O) groups is 2. The maximum atomic E-state index is 11.8. The minimum Gasteiger partial charge on any atom is -0.352 e. The molecule has 2 amide bonds. The lowest BCUT2D eigenvalue weighted by molar-refractivity contribution is -0.116. The molecule has 5 heteroatoms. The molecule has 4 nitrogen and oxygen atoms in total. The zero-order valence-electron chi connectivity index (χ0n) is 11.9. The van der Waals surface area contributed by atoms with E-state index in [1.807, 2.05) is 25.1 Å². The molecule has 1 aromatic carbocycles. The number of rotatable bonds is 7. The Bertz CT molecular complexity index is 539. The van der Waals surface area contributed by atoms with Crippen LogP contribution in [0.5, 0.6) is 0 Å². The minimum atomic E-state index is -0.133. The smallest absolute Gasteiger partial charge is 0.251 e. The summed E-state index contributed by atoms with van der Waals surface area (Å²) in [7, 11) is 0. The summed E-state index contributed by atoms with van der Waals surface area (Å²) in [5.41, 5.74) is 0.614. The number of halogens is 1. The monoisotopic (exact) mass is 350 g/mol. The summed E-state index contributed by atoms with van der Waals surface area (Å²) in [4.78, 5) is 23.2. The quantitative estimate of drug-likeness (QED) is 0.451. The summed E-state index contributed by atoms with van der Waals surface area (Å²) in [5.74, 6) is -0.248. The van der Waals surface area contributed by atoms with Gasteiger partial charge in [0.15, 0.2) is 0 Å². The lowest BCUT2D eigenvalue weighted by Gasteiger charge is -2.06. The van der Waals surface area contributed by atoms with E-state index in [1.54, 1.807) is 24.3 Å². The summed E-state index contributed by atoms with van der Waals surface area (Å²) < 4.78 is 0.871. The van der Waals surface area contributed by atoms with Crippen LogP contribution in [0.15, 0.2) is 53.0 Å². The van der Waals surface area contributed by atoms with E-state index >= 15 is 0 Å².